The van der Waals surface area contributed by atoms with Crippen molar-refractivity contribution < 1.29 is 24.2 Å². The van der Waals surface area contributed by atoms with E-state index in [2.05, 4.69) is 20.8 Å². The molecule has 1 fully saturated rings. The number of fused-ring (bicyclic) bond motifs is 1. The molecule has 32 heavy (non-hydrogen) atoms. The predicted octanol–water partition coefficient (Wildman–Crippen LogP) is 1.33. The van der Waals surface area contributed by atoms with Crippen LogP contribution in [0.1, 0.15) is 39.4 Å². The molecule has 3 heterocycles. The standard InChI is InChI=1S/C22H21N5O5/c28-16-10-9-15(19(29)24-16)27-21(30)13-7-4-8-14(18(13)22(27)31)23-11-17-25-26-20(32-17)12-5-2-1-3-6-12/h1-8,15-16,19,23-24,28-29H,9-11H2. The van der Waals surface area contributed by atoms with Crippen molar-refractivity contribution in [3.05, 3.63) is 65.5 Å². The number of nitrogens with one attached hydrogen (secondary N) is 2. The van der Waals surface area contributed by atoms with Crippen LogP contribution in [0.3, 0.4) is 0 Å². The second kappa shape index (κ2) is 8.15. The molecule has 164 valence electrons. The van der Waals surface area contributed by atoms with Gasteiger partial charge in [-0.3, -0.25) is 19.8 Å². The molecule has 4 N–H and O–H groups in total. The summed E-state index contributed by atoms with van der Waals surface area (Å²) in [5.74, 6) is -0.249. The number of anilines is 1. The maximum atomic E-state index is 13.2. The van der Waals surface area contributed by atoms with Gasteiger partial charge in [0.25, 0.3) is 11.8 Å². The number of amides is 2. The molecule has 5 rings (SSSR count). The van der Waals surface area contributed by atoms with Crippen molar-refractivity contribution in [3.63, 3.8) is 0 Å². The second-order valence-corrected chi connectivity index (χ2v) is 7.70. The SMILES string of the molecule is O=C1c2cccc(NCc3nnc(-c4ccccc4)o3)c2C(=O)N1C1CCC(O)NC1O. The van der Waals surface area contributed by atoms with Crippen molar-refractivity contribution in [3.8, 4) is 11.5 Å². The van der Waals surface area contributed by atoms with Crippen LogP contribution in [0.2, 0.25) is 0 Å². The van der Waals surface area contributed by atoms with Crippen LogP contribution in [-0.4, -0.2) is 55.6 Å². The summed E-state index contributed by atoms with van der Waals surface area (Å²) in [6.07, 6.45) is -1.45. The van der Waals surface area contributed by atoms with Crippen LogP contribution >= 0.6 is 0 Å². The van der Waals surface area contributed by atoms with E-state index < -0.39 is 30.3 Å². The summed E-state index contributed by atoms with van der Waals surface area (Å²) in [5.41, 5.74) is 1.75. The maximum Gasteiger partial charge on any atom is 0.264 e. The minimum atomic E-state index is -1.20. The zero-order valence-corrected chi connectivity index (χ0v) is 16.9. The Hall–Kier alpha value is -3.60. The molecule has 2 aliphatic heterocycles. The second-order valence-electron chi connectivity index (χ2n) is 7.70. The monoisotopic (exact) mass is 435 g/mol. The number of aliphatic hydroxyl groups excluding tert-OH is 2. The van der Waals surface area contributed by atoms with Crippen molar-refractivity contribution in [1.29, 1.82) is 0 Å². The summed E-state index contributed by atoms with van der Waals surface area (Å²) in [6.45, 7) is 0.164. The van der Waals surface area contributed by atoms with Crippen molar-refractivity contribution in [2.75, 3.05) is 5.32 Å². The summed E-state index contributed by atoms with van der Waals surface area (Å²) < 4.78 is 5.69. The van der Waals surface area contributed by atoms with Gasteiger partial charge in [0.1, 0.15) is 12.5 Å². The van der Waals surface area contributed by atoms with E-state index in [1.54, 1.807) is 18.2 Å². The fraction of sp³-hybridized carbons (Fsp3) is 0.273. The van der Waals surface area contributed by atoms with Gasteiger partial charge in [0.2, 0.25) is 11.8 Å². The van der Waals surface area contributed by atoms with E-state index in [4.69, 9.17) is 4.42 Å². The molecular weight excluding hydrogens is 414 g/mol. The number of aromatic nitrogens is 2. The van der Waals surface area contributed by atoms with E-state index in [9.17, 15) is 19.8 Å². The van der Waals surface area contributed by atoms with Crippen molar-refractivity contribution in [2.24, 2.45) is 0 Å². The first kappa shape index (κ1) is 20.3. The van der Waals surface area contributed by atoms with E-state index >= 15 is 0 Å². The predicted molar refractivity (Wildman–Crippen MR) is 112 cm³/mol. The zero-order valence-electron chi connectivity index (χ0n) is 16.9. The van der Waals surface area contributed by atoms with Gasteiger partial charge in [0.05, 0.1) is 23.7 Å². The van der Waals surface area contributed by atoms with Crippen molar-refractivity contribution >= 4 is 17.5 Å². The lowest BCUT2D eigenvalue weighted by atomic mass is 10.0. The number of piperidine rings is 1. The molecule has 1 aromatic heterocycles. The Morgan fingerprint density at radius 2 is 1.84 bits per heavy atom. The van der Waals surface area contributed by atoms with Gasteiger partial charge in [0, 0.05) is 11.3 Å². The lowest BCUT2D eigenvalue weighted by Gasteiger charge is -2.36. The molecule has 10 nitrogen and oxygen atoms in total. The van der Waals surface area contributed by atoms with Gasteiger partial charge in [-0.15, -0.1) is 10.2 Å². The average Bonchev–Trinajstić information content (AvgIpc) is 3.37. The molecule has 0 spiro atoms. The Morgan fingerprint density at radius 1 is 1.03 bits per heavy atom. The van der Waals surface area contributed by atoms with Crippen LogP contribution in [0.4, 0.5) is 5.69 Å². The highest BCUT2D eigenvalue weighted by Gasteiger charge is 2.45. The Labute approximate surface area is 182 Å². The highest BCUT2D eigenvalue weighted by Crippen LogP contribution is 2.33. The lowest BCUT2D eigenvalue weighted by molar-refractivity contribution is -0.0413. The zero-order chi connectivity index (χ0) is 22.2. The van der Waals surface area contributed by atoms with Gasteiger partial charge in [-0.2, -0.15) is 0 Å². The van der Waals surface area contributed by atoms with E-state index in [0.29, 0.717) is 30.3 Å². The smallest absolute Gasteiger partial charge is 0.264 e. The quantitative estimate of drug-likeness (QED) is 0.437. The van der Waals surface area contributed by atoms with Crippen LogP contribution in [0.15, 0.2) is 52.9 Å². The first-order valence-corrected chi connectivity index (χ1v) is 10.3. The molecule has 0 radical (unpaired) electrons. The first-order valence-electron chi connectivity index (χ1n) is 10.3. The summed E-state index contributed by atoms with van der Waals surface area (Å²) >= 11 is 0. The maximum absolute atomic E-state index is 13.2. The third-order valence-electron chi connectivity index (χ3n) is 5.66. The fourth-order valence-corrected chi connectivity index (χ4v) is 4.09. The van der Waals surface area contributed by atoms with Gasteiger partial charge >= 0.3 is 0 Å². The summed E-state index contributed by atoms with van der Waals surface area (Å²) in [6, 6.07) is 13.6. The van der Waals surface area contributed by atoms with E-state index in [1.807, 2.05) is 30.3 Å². The number of aliphatic hydroxyl groups is 2. The van der Waals surface area contributed by atoms with Crippen LogP contribution in [0.25, 0.3) is 11.5 Å². The number of hydrogen-bond donors (Lipinski definition) is 4. The summed E-state index contributed by atoms with van der Waals surface area (Å²) in [5, 5.41) is 33.7. The summed E-state index contributed by atoms with van der Waals surface area (Å²) in [4.78, 5) is 27.2. The van der Waals surface area contributed by atoms with Crippen LogP contribution in [0, 0.1) is 0 Å². The first-order chi connectivity index (χ1) is 15.5. The third-order valence-corrected chi connectivity index (χ3v) is 5.66. The van der Waals surface area contributed by atoms with Crippen LogP contribution < -0.4 is 10.6 Å². The van der Waals surface area contributed by atoms with Crippen LogP contribution in [0.5, 0.6) is 0 Å². The van der Waals surface area contributed by atoms with E-state index in [0.717, 1.165) is 10.5 Å². The molecule has 3 atom stereocenters. The molecule has 10 heteroatoms. The van der Waals surface area contributed by atoms with Gasteiger partial charge in [-0.1, -0.05) is 24.3 Å². The highest BCUT2D eigenvalue weighted by molar-refractivity contribution is 6.24. The highest BCUT2D eigenvalue weighted by atomic mass is 16.4. The lowest BCUT2D eigenvalue weighted by Crippen LogP contribution is -2.58. The Balaban J connectivity index is 1.35. The van der Waals surface area contributed by atoms with Crippen LogP contribution in [-0.2, 0) is 6.54 Å². The van der Waals surface area contributed by atoms with Gasteiger partial charge in [0.15, 0.2) is 0 Å². The molecule has 3 aromatic rings. The normalized spacial score (nSPS) is 22.8. The number of benzene rings is 2. The number of imide groups is 1. The molecular formula is C22H21N5O5. The number of rotatable bonds is 5. The van der Waals surface area contributed by atoms with E-state index in [-0.39, 0.29) is 17.7 Å². The number of carbonyl (C=O) groups is 2. The summed E-state index contributed by atoms with van der Waals surface area (Å²) in [7, 11) is 0. The molecule has 0 bridgehead atoms. The third kappa shape index (κ3) is 3.54. The Kier molecular flexibility index (Phi) is 5.17. The van der Waals surface area contributed by atoms with Crippen molar-refractivity contribution in [2.45, 2.75) is 37.9 Å². The van der Waals surface area contributed by atoms with Gasteiger partial charge in [-0.25, -0.2) is 0 Å². The Bertz CT molecular complexity index is 1160. The molecule has 0 aliphatic carbocycles. The fourth-order valence-electron chi connectivity index (χ4n) is 4.09. The molecule has 1 saturated heterocycles. The number of hydrogen-bond acceptors (Lipinski definition) is 9. The van der Waals surface area contributed by atoms with Gasteiger partial charge in [-0.05, 0) is 37.1 Å². The minimum absolute atomic E-state index is 0.164. The van der Waals surface area contributed by atoms with Gasteiger partial charge < -0.3 is 19.9 Å². The van der Waals surface area contributed by atoms with Crippen molar-refractivity contribution in [1.82, 2.24) is 20.4 Å². The minimum Gasteiger partial charge on any atom is -0.419 e. The molecule has 2 aromatic carbocycles. The van der Waals surface area contributed by atoms with E-state index in [1.165, 1.54) is 0 Å². The average molecular weight is 435 g/mol. The Morgan fingerprint density at radius 3 is 2.62 bits per heavy atom. The number of carbonyl (C=O) groups excluding carboxylic acids is 2. The number of nitrogens with zero attached hydrogens (tertiary/aromatic N) is 3. The largest absolute Gasteiger partial charge is 0.419 e. The molecule has 2 amide bonds. The molecule has 0 saturated carbocycles. The topological polar surface area (TPSA) is 141 Å². The molecule has 2 aliphatic rings. The molecule has 3 unspecified atom stereocenters.